The van der Waals surface area contributed by atoms with E-state index in [0.29, 0.717) is 12.1 Å². The van der Waals surface area contributed by atoms with Crippen LogP contribution in [0.25, 0.3) is 0 Å². The topological polar surface area (TPSA) is 41.1 Å². The Morgan fingerprint density at radius 1 is 1.41 bits per heavy atom. The van der Waals surface area contributed by atoms with Crippen LogP contribution in [0.3, 0.4) is 0 Å². The Labute approximate surface area is 106 Å². The molecule has 0 aliphatic carbocycles. The second-order valence-electron chi connectivity index (χ2n) is 5.49. The van der Waals surface area contributed by atoms with Crippen LogP contribution in [0.5, 0.6) is 0 Å². The van der Waals surface area contributed by atoms with E-state index >= 15 is 0 Å². The zero-order valence-electron chi connectivity index (χ0n) is 11.6. The van der Waals surface area contributed by atoms with Crippen molar-refractivity contribution in [2.24, 2.45) is 5.92 Å². The molecule has 0 radical (unpaired) electrons. The summed E-state index contributed by atoms with van der Waals surface area (Å²) in [4.78, 5) is 12.0. The third-order valence-corrected chi connectivity index (χ3v) is 3.66. The van der Waals surface area contributed by atoms with Crippen molar-refractivity contribution >= 4 is 5.91 Å². The minimum Gasteiger partial charge on any atom is -0.353 e. The number of amides is 1. The smallest absolute Gasteiger partial charge is 0.224 e. The number of hydrogen-bond donors (Lipinski definition) is 2. The standard InChI is InChI=1S/C14H28N2O/c1-4-5-6-7-12(3)16-14(17)13-9-8-11(2)15-10-13/h11-13,15H,4-10H2,1-3H3,(H,16,17). The maximum atomic E-state index is 12.0. The zero-order chi connectivity index (χ0) is 12.7. The van der Waals surface area contributed by atoms with Crippen molar-refractivity contribution in [3.63, 3.8) is 0 Å². The summed E-state index contributed by atoms with van der Waals surface area (Å²) >= 11 is 0. The first-order chi connectivity index (χ1) is 8.13. The largest absolute Gasteiger partial charge is 0.353 e. The molecule has 0 saturated carbocycles. The minimum atomic E-state index is 0.180. The van der Waals surface area contributed by atoms with Crippen molar-refractivity contribution in [3.05, 3.63) is 0 Å². The highest BCUT2D eigenvalue weighted by atomic mass is 16.1. The molecule has 2 N–H and O–H groups in total. The third kappa shape index (κ3) is 5.53. The third-order valence-electron chi connectivity index (χ3n) is 3.66. The summed E-state index contributed by atoms with van der Waals surface area (Å²) in [5.74, 6) is 0.424. The molecule has 3 nitrogen and oxygen atoms in total. The van der Waals surface area contributed by atoms with Crippen molar-refractivity contribution < 1.29 is 4.79 Å². The molecule has 1 aliphatic heterocycles. The fourth-order valence-electron chi connectivity index (χ4n) is 2.36. The van der Waals surface area contributed by atoms with E-state index in [2.05, 4.69) is 31.4 Å². The lowest BCUT2D eigenvalue weighted by molar-refractivity contribution is -0.126. The number of piperidine rings is 1. The molecule has 0 aromatic rings. The van der Waals surface area contributed by atoms with Crippen LogP contribution in [-0.2, 0) is 4.79 Å². The SMILES string of the molecule is CCCCCC(C)NC(=O)C1CCC(C)NC1. The lowest BCUT2D eigenvalue weighted by atomic mass is 9.94. The van der Waals surface area contributed by atoms with Crippen LogP contribution in [-0.4, -0.2) is 24.5 Å². The number of rotatable bonds is 6. The van der Waals surface area contributed by atoms with Crippen LogP contribution in [0.2, 0.25) is 0 Å². The average molecular weight is 240 g/mol. The predicted molar refractivity (Wildman–Crippen MR) is 71.9 cm³/mol. The second-order valence-corrected chi connectivity index (χ2v) is 5.49. The van der Waals surface area contributed by atoms with E-state index in [0.717, 1.165) is 25.8 Å². The average Bonchev–Trinajstić information content (AvgIpc) is 2.30. The van der Waals surface area contributed by atoms with Crippen LogP contribution >= 0.6 is 0 Å². The van der Waals surface area contributed by atoms with Crippen LogP contribution in [0.1, 0.15) is 59.3 Å². The quantitative estimate of drug-likeness (QED) is 0.700. The molecule has 0 bridgehead atoms. The zero-order valence-corrected chi connectivity index (χ0v) is 11.6. The summed E-state index contributed by atoms with van der Waals surface area (Å²) in [6, 6.07) is 0.898. The second kappa shape index (κ2) is 7.70. The molecule has 17 heavy (non-hydrogen) atoms. The van der Waals surface area contributed by atoms with Gasteiger partial charge in [0.25, 0.3) is 0 Å². The Hall–Kier alpha value is -0.570. The summed E-state index contributed by atoms with van der Waals surface area (Å²) < 4.78 is 0. The molecule has 3 atom stereocenters. The molecule has 0 spiro atoms. The molecule has 100 valence electrons. The maximum absolute atomic E-state index is 12.0. The highest BCUT2D eigenvalue weighted by molar-refractivity contribution is 5.79. The van der Waals surface area contributed by atoms with Gasteiger partial charge in [-0.3, -0.25) is 4.79 Å². The molecule has 3 heteroatoms. The van der Waals surface area contributed by atoms with Crippen molar-refractivity contribution in [3.8, 4) is 0 Å². The molecular weight excluding hydrogens is 212 g/mol. The van der Waals surface area contributed by atoms with E-state index in [1.54, 1.807) is 0 Å². The molecule has 1 aliphatic rings. The molecular formula is C14H28N2O. The monoisotopic (exact) mass is 240 g/mol. The molecule has 1 fully saturated rings. The van der Waals surface area contributed by atoms with Crippen LogP contribution in [0.4, 0.5) is 0 Å². The number of unbranched alkanes of at least 4 members (excludes halogenated alkanes) is 2. The summed E-state index contributed by atoms with van der Waals surface area (Å²) in [7, 11) is 0. The molecule has 1 rings (SSSR count). The van der Waals surface area contributed by atoms with Gasteiger partial charge >= 0.3 is 0 Å². The van der Waals surface area contributed by atoms with Crippen LogP contribution < -0.4 is 10.6 Å². The van der Waals surface area contributed by atoms with Gasteiger partial charge in [0.05, 0.1) is 5.92 Å². The van der Waals surface area contributed by atoms with E-state index in [-0.39, 0.29) is 11.8 Å². The Morgan fingerprint density at radius 2 is 2.18 bits per heavy atom. The van der Waals surface area contributed by atoms with Crippen LogP contribution in [0, 0.1) is 5.92 Å². The first-order valence-corrected chi connectivity index (χ1v) is 7.17. The van der Waals surface area contributed by atoms with E-state index < -0.39 is 0 Å². The highest BCUT2D eigenvalue weighted by Crippen LogP contribution is 2.14. The Balaban J connectivity index is 2.19. The molecule has 3 unspecified atom stereocenters. The van der Waals surface area contributed by atoms with E-state index in [9.17, 15) is 4.79 Å². The first kappa shape index (κ1) is 14.5. The summed E-state index contributed by atoms with van der Waals surface area (Å²) in [6.45, 7) is 7.35. The van der Waals surface area contributed by atoms with E-state index in [1.165, 1.54) is 19.3 Å². The molecule has 1 saturated heterocycles. The number of carbonyl (C=O) groups is 1. The summed E-state index contributed by atoms with van der Waals surface area (Å²) in [6.07, 6.45) is 6.98. The van der Waals surface area contributed by atoms with Crippen molar-refractivity contribution in [2.75, 3.05) is 6.54 Å². The number of nitrogens with one attached hydrogen (secondary N) is 2. The van der Waals surface area contributed by atoms with Gasteiger partial charge in [-0.2, -0.15) is 0 Å². The van der Waals surface area contributed by atoms with Gasteiger partial charge in [0, 0.05) is 18.6 Å². The molecule has 0 aromatic carbocycles. The molecule has 1 heterocycles. The number of hydrogen-bond acceptors (Lipinski definition) is 2. The van der Waals surface area contributed by atoms with Crippen molar-refractivity contribution in [1.82, 2.24) is 10.6 Å². The fourth-order valence-corrected chi connectivity index (χ4v) is 2.36. The van der Waals surface area contributed by atoms with Gasteiger partial charge in [-0.1, -0.05) is 26.2 Å². The summed E-state index contributed by atoms with van der Waals surface area (Å²) in [5, 5.41) is 6.52. The van der Waals surface area contributed by atoms with E-state index in [4.69, 9.17) is 0 Å². The lowest BCUT2D eigenvalue weighted by Gasteiger charge is -2.28. The van der Waals surface area contributed by atoms with Gasteiger partial charge < -0.3 is 10.6 Å². The Bertz CT molecular complexity index is 222. The van der Waals surface area contributed by atoms with Gasteiger partial charge in [-0.15, -0.1) is 0 Å². The van der Waals surface area contributed by atoms with E-state index in [1.807, 2.05) is 0 Å². The van der Waals surface area contributed by atoms with Gasteiger partial charge in [0.1, 0.15) is 0 Å². The van der Waals surface area contributed by atoms with Crippen molar-refractivity contribution in [1.29, 1.82) is 0 Å². The normalized spacial score (nSPS) is 26.5. The first-order valence-electron chi connectivity index (χ1n) is 7.17. The maximum Gasteiger partial charge on any atom is 0.224 e. The molecule has 0 aromatic heterocycles. The Morgan fingerprint density at radius 3 is 2.76 bits per heavy atom. The van der Waals surface area contributed by atoms with Gasteiger partial charge in [0.2, 0.25) is 5.91 Å². The highest BCUT2D eigenvalue weighted by Gasteiger charge is 2.24. The summed E-state index contributed by atoms with van der Waals surface area (Å²) in [5.41, 5.74) is 0. The lowest BCUT2D eigenvalue weighted by Crippen LogP contribution is -2.46. The van der Waals surface area contributed by atoms with Crippen molar-refractivity contribution in [2.45, 2.75) is 71.4 Å². The minimum absolute atomic E-state index is 0.180. The Kier molecular flexibility index (Phi) is 6.56. The predicted octanol–water partition coefficient (Wildman–Crippen LogP) is 2.46. The molecule has 1 amide bonds. The van der Waals surface area contributed by atoms with Gasteiger partial charge in [0.15, 0.2) is 0 Å². The van der Waals surface area contributed by atoms with Gasteiger partial charge in [-0.25, -0.2) is 0 Å². The van der Waals surface area contributed by atoms with Crippen LogP contribution in [0.15, 0.2) is 0 Å². The van der Waals surface area contributed by atoms with Gasteiger partial charge in [-0.05, 0) is 33.1 Å². The number of carbonyl (C=O) groups excluding carboxylic acids is 1. The fraction of sp³-hybridized carbons (Fsp3) is 0.929.